The molecule has 0 saturated heterocycles. The van der Waals surface area contributed by atoms with Gasteiger partial charge in [0.2, 0.25) is 7.37 Å². The van der Waals surface area contributed by atoms with Crippen LogP contribution in [0.3, 0.4) is 0 Å². The van der Waals surface area contributed by atoms with E-state index in [0.29, 0.717) is 6.16 Å². The van der Waals surface area contributed by atoms with Crippen LogP contribution < -0.4 is 0 Å². The van der Waals surface area contributed by atoms with Crippen molar-refractivity contribution in [2.75, 3.05) is 6.16 Å². The van der Waals surface area contributed by atoms with E-state index in [-0.39, 0.29) is 0 Å². The Bertz CT molecular complexity index is 143. The molecule has 0 saturated carbocycles. The highest BCUT2D eigenvalue weighted by Crippen LogP contribution is 2.42. The predicted octanol–water partition coefficient (Wildman–Crippen LogP) is 2.59. The lowest BCUT2D eigenvalue weighted by atomic mass is 10.3. The molecule has 10 heavy (non-hydrogen) atoms. The summed E-state index contributed by atoms with van der Waals surface area (Å²) in [4.78, 5) is 8.99. The van der Waals surface area contributed by atoms with E-state index in [0.717, 1.165) is 19.3 Å². The van der Waals surface area contributed by atoms with E-state index < -0.39 is 7.37 Å². The summed E-state index contributed by atoms with van der Waals surface area (Å²) in [6, 6.07) is 0. The highest BCUT2D eigenvalue weighted by atomic mass is 31.2. The molecule has 0 spiro atoms. The molecule has 0 rings (SSSR count). The van der Waals surface area contributed by atoms with E-state index in [9.17, 15) is 4.57 Å². The standard InChI is InChI=1S/C7H15O2P/c1-3-5-6-7-10(8,9)4-2/h4H,2-3,5-7H2,1H3,(H,8,9). The zero-order valence-corrected chi connectivity index (χ0v) is 7.31. The Morgan fingerprint density at radius 1 is 1.60 bits per heavy atom. The first kappa shape index (κ1) is 9.93. The van der Waals surface area contributed by atoms with Crippen LogP contribution in [0.25, 0.3) is 0 Å². The van der Waals surface area contributed by atoms with Gasteiger partial charge in [0.25, 0.3) is 0 Å². The number of rotatable bonds is 5. The maximum atomic E-state index is 10.9. The molecular formula is C7H15O2P. The summed E-state index contributed by atoms with van der Waals surface area (Å²) >= 11 is 0. The molecule has 0 radical (unpaired) electrons. The third-order valence-corrected chi connectivity index (χ3v) is 2.89. The van der Waals surface area contributed by atoms with Crippen LogP contribution in [-0.2, 0) is 4.57 Å². The van der Waals surface area contributed by atoms with E-state index in [4.69, 9.17) is 4.89 Å². The van der Waals surface area contributed by atoms with Crippen LogP contribution in [0.2, 0.25) is 0 Å². The lowest BCUT2D eigenvalue weighted by Crippen LogP contribution is -1.84. The van der Waals surface area contributed by atoms with Crippen molar-refractivity contribution in [1.29, 1.82) is 0 Å². The topological polar surface area (TPSA) is 37.3 Å². The van der Waals surface area contributed by atoms with E-state index in [1.807, 2.05) is 0 Å². The van der Waals surface area contributed by atoms with Gasteiger partial charge in [0.1, 0.15) is 0 Å². The van der Waals surface area contributed by atoms with Crippen molar-refractivity contribution in [2.24, 2.45) is 0 Å². The Morgan fingerprint density at radius 3 is 2.60 bits per heavy atom. The Balaban J connectivity index is 3.47. The Morgan fingerprint density at radius 2 is 2.20 bits per heavy atom. The van der Waals surface area contributed by atoms with Crippen molar-refractivity contribution in [2.45, 2.75) is 26.2 Å². The van der Waals surface area contributed by atoms with Crippen LogP contribution in [0, 0.1) is 0 Å². The largest absolute Gasteiger partial charge is 0.341 e. The fraction of sp³-hybridized carbons (Fsp3) is 0.714. The zero-order chi connectivity index (χ0) is 8.04. The van der Waals surface area contributed by atoms with Gasteiger partial charge in [-0.3, -0.25) is 4.57 Å². The summed E-state index contributed by atoms with van der Waals surface area (Å²) in [5.74, 6) is 1.17. The van der Waals surface area contributed by atoms with Gasteiger partial charge in [0, 0.05) is 6.16 Å². The number of hydrogen-bond donors (Lipinski definition) is 1. The molecular weight excluding hydrogens is 147 g/mol. The van der Waals surface area contributed by atoms with Crippen molar-refractivity contribution in [3.05, 3.63) is 12.4 Å². The Labute approximate surface area is 62.4 Å². The highest BCUT2D eigenvalue weighted by molar-refractivity contribution is 7.61. The molecule has 0 fully saturated rings. The quantitative estimate of drug-likeness (QED) is 0.498. The molecule has 0 heterocycles. The van der Waals surface area contributed by atoms with Gasteiger partial charge in [0.15, 0.2) is 0 Å². The molecule has 0 aliphatic carbocycles. The van der Waals surface area contributed by atoms with Crippen molar-refractivity contribution in [3.63, 3.8) is 0 Å². The molecule has 0 bridgehead atoms. The van der Waals surface area contributed by atoms with Gasteiger partial charge in [-0.05, 0) is 12.2 Å². The molecule has 60 valence electrons. The Kier molecular flexibility index (Phi) is 4.67. The van der Waals surface area contributed by atoms with Crippen LogP contribution in [-0.4, -0.2) is 11.1 Å². The van der Waals surface area contributed by atoms with Crippen LogP contribution in [0.15, 0.2) is 12.4 Å². The molecule has 1 N–H and O–H groups in total. The molecule has 0 aromatic carbocycles. The summed E-state index contributed by atoms with van der Waals surface area (Å²) in [7, 11) is -2.94. The van der Waals surface area contributed by atoms with Gasteiger partial charge < -0.3 is 4.89 Å². The molecule has 3 heteroatoms. The van der Waals surface area contributed by atoms with E-state index in [1.165, 1.54) is 5.82 Å². The monoisotopic (exact) mass is 162 g/mol. The molecule has 0 amide bonds. The highest BCUT2D eigenvalue weighted by Gasteiger charge is 2.10. The van der Waals surface area contributed by atoms with Crippen molar-refractivity contribution in [3.8, 4) is 0 Å². The average Bonchev–Trinajstić information content (AvgIpc) is 1.89. The first-order valence-corrected chi connectivity index (χ1v) is 5.49. The fourth-order valence-corrected chi connectivity index (χ4v) is 1.54. The molecule has 0 aliphatic rings. The smallest absolute Gasteiger partial charge is 0.222 e. The lowest BCUT2D eigenvalue weighted by molar-refractivity contribution is 0.486. The third-order valence-electron chi connectivity index (χ3n) is 1.37. The van der Waals surface area contributed by atoms with E-state index in [1.54, 1.807) is 0 Å². The van der Waals surface area contributed by atoms with E-state index >= 15 is 0 Å². The van der Waals surface area contributed by atoms with Gasteiger partial charge in [-0.1, -0.05) is 26.3 Å². The zero-order valence-electron chi connectivity index (χ0n) is 6.42. The van der Waals surface area contributed by atoms with Gasteiger partial charge in [-0.25, -0.2) is 0 Å². The summed E-state index contributed by atoms with van der Waals surface area (Å²) < 4.78 is 10.9. The van der Waals surface area contributed by atoms with Crippen LogP contribution in [0.5, 0.6) is 0 Å². The van der Waals surface area contributed by atoms with Crippen molar-refractivity contribution in [1.82, 2.24) is 0 Å². The van der Waals surface area contributed by atoms with Crippen molar-refractivity contribution >= 4 is 7.37 Å². The first-order chi connectivity index (χ1) is 4.62. The fourth-order valence-electron chi connectivity index (χ4n) is 0.680. The molecule has 1 unspecified atom stereocenters. The average molecular weight is 162 g/mol. The first-order valence-electron chi connectivity index (χ1n) is 3.57. The van der Waals surface area contributed by atoms with E-state index in [2.05, 4.69) is 13.5 Å². The number of unbranched alkanes of at least 4 members (excludes halogenated alkanes) is 2. The van der Waals surface area contributed by atoms with Crippen LogP contribution >= 0.6 is 7.37 Å². The summed E-state index contributed by atoms with van der Waals surface area (Å²) in [6.07, 6.45) is 3.33. The van der Waals surface area contributed by atoms with Crippen molar-refractivity contribution < 1.29 is 9.46 Å². The van der Waals surface area contributed by atoms with Gasteiger partial charge in [0.05, 0.1) is 0 Å². The molecule has 2 nitrogen and oxygen atoms in total. The van der Waals surface area contributed by atoms with Gasteiger partial charge in [-0.15, -0.1) is 0 Å². The van der Waals surface area contributed by atoms with Crippen LogP contribution in [0.4, 0.5) is 0 Å². The van der Waals surface area contributed by atoms with Gasteiger partial charge in [-0.2, -0.15) is 0 Å². The molecule has 1 atom stereocenters. The van der Waals surface area contributed by atoms with Crippen LogP contribution in [0.1, 0.15) is 26.2 Å². The normalized spacial score (nSPS) is 16.2. The summed E-state index contributed by atoms with van der Waals surface area (Å²) in [5, 5.41) is 0. The summed E-state index contributed by atoms with van der Waals surface area (Å²) in [5.41, 5.74) is 0. The van der Waals surface area contributed by atoms with Gasteiger partial charge >= 0.3 is 0 Å². The second kappa shape index (κ2) is 4.70. The minimum atomic E-state index is -2.94. The molecule has 0 aromatic heterocycles. The molecule has 0 aromatic rings. The summed E-state index contributed by atoms with van der Waals surface area (Å²) in [6.45, 7) is 5.36. The number of hydrogen-bond acceptors (Lipinski definition) is 1. The maximum Gasteiger partial charge on any atom is 0.222 e. The third kappa shape index (κ3) is 4.78. The predicted molar refractivity (Wildman–Crippen MR) is 44.4 cm³/mol. The Hall–Kier alpha value is -0.0700. The maximum absolute atomic E-state index is 10.9. The minimum absolute atomic E-state index is 0.393. The lowest BCUT2D eigenvalue weighted by Gasteiger charge is -2.03. The SMILES string of the molecule is C=CP(=O)(O)CCCCC. The second-order valence-corrected chi connectivity index (χ2v) is 4.69. The second-order valence-electron chi connectivity index (χ2n) is 2.37. The molecule has 0 aliphatic heterocycles. The minimum Gasteiger partial charge on any atom is -0.341 e.